The molecule has 6 nitrogen and oxygen atoms in total. The summed E-state index contributed by atoms with van der Waals surface area (Å²) in [6.45, 7) is 0.158. The van der Waals surface area contributed by atoms with E-state index in [2.05, 4.69) is 0 Å². The number of anilines is 1. The van der Waals surface area contributed by atoms with Crippen molar-refractivity contribution in [2.75, 3.05) is 25.6 Å². The van der Waals surface area contributed by atoms with E-state index in [4.69, 9.17) is 14.2 Å². The van der Waals surface area contributed by atoms with Crippen molar-refractivity contribution < 1.29 is 22.6 Å². The maximum absolute atomic E-state index is 13.5. The van der Waals surface area contributed by atoms with Crippen molar-refractivity contribution in [2.24, 2.45) is 0 Å². The predicted molar refractivity (Wildman–Crippen MR) is 112 cm³/mol. The molecule has 0 amide bonds. The van der Waals surface area contributed by atoms with E-state index in [1.54, 1.807) is 30.3 Å². The molecule has 0 bridgehead atoms. The number of hydrogen-bond donors (Lipinski definition) is 0. The van der Waals surface area contributed by atoms with Crippen LogP contribution >= 0.6 is 0 Å². The quantitative estimate of drug-likeness (QED) is 0.556. The molecule has 3 aromatic carbocycles. The molecule has 0 heterocycles. The van der Waals surface area contributed by atoms with Gasteiger partial charge in [0.05, 0.1) is 38.5 Å². The first-order chi connectivity index (χ1) is 14.0. The number of hydrogen-bond acceptors (Lipinski definition) is 5. The van der Waals surface area contributed by atoms with Gasteiger partial charge in [-0.05, 0) is 29.8 Å². The van der Waals surface area contributed by atoms with Crippen molar-refractivity contribution in [3.8, 4) is 17.2 Å². The summed E-state index contributed by atoms with van der Waals surface area (Å²) >= 11 is 0. The van der Waals surface area contributed by atoms with Gasteiger partial charge in [0.2, 0.25) is 0 Å². The van der Waals surface area contributed by atoms with Crippen molar-refractivity contribution in [2.45, 2.75) is 11.4 Å². The third-order valence-corrected chi connectivity index (χ3v) is 6.23. The average molecular weight is 413 g/mol. The predicted octanol–water partition coefficient (Wildman–Crippen LogP) is 4.11. The summed E-state index contributed by atoms with van der Waals surface area (Å²) in [5, 5.41) is 0. The summed E-state index contributed by atoms with van der Waals surface area (Å²) in [6, 6.07) is 20.8. The van der Waals surface area contributed by atoms with Crippen LogP contribution in [0.5, 0.6) is 17.2 Å². The molecule has 0 radical (unpaired) electrons. The molecule has 3 rings (SSSR count). The van der Waals surface area contributed by atoms with E-state index in [9.17, 15) is 8.42 Å². The minimum atomic E-state index is -3.86. The number of ether oxygens (including phenoxy) is 3. The number of sulfonamides is 1. The molecule has 0 saturated carbocycles. The van der Waals surface area contributed by atoms with Gasteiger partial charge >= 0.3 is 0 Å². The van der Waals surface area contributed by atoms with Gasteiger partial charge in [-0.1, -0.05) is 30.3 Å². The zero-order valence-corrected chi connectivity index (χ0v) is 17.3. The van der Waals surface area contributed by atoms with E-state index < -0.39 is 10.0 Å². The molecule has 0 atom stereocenters. The Morgan fingerprint density at radius 1 is 0.724 bits per heavy atom. The normalized spacial score (nSPS) is 11.0. The molecule has 0 aromatic heterocycles. The molecule has 29 heavy (non-hydrogen) atoms. The van der Waals surface area contributed by atoms with Crippen LogP contribution in [0.25, 0.3) is 0 Å². The zero-order valence-electron chi connectivity index (χ0n) is 16.5. The number of methoxy groups -OCH3 is 3. The van der Waals surface area contributed by atoms with Crippen LogP contribution in [0, 0.1) is 0 Å². The van der Waals surface area contributed by atoms with E-state index in [1.807, 2.05) is 30.3 Å². The van der Waals surface area contributed by atoms with E-state index in [-0.39, 0.29) is 11.4 Å². The molecule has 0 aliphatic rings. The first-order valence-corrected chi connectivity index (χ1v) is 10.4. The zero-order chi connectivity index (χ0) is 20.9. The van der Waals surface area contributed by atoms with Gasteiger partial charge in [0.15, 0.2) is 0 Å². The van der Waals surface area contributed by atoms with E-state index in [0.29, 0.717) is 22.9 Å². The third kappa shape index (κ3) is 4.63. The Kier molecular flexibility index (Phi) is 6.29. The summed E-state index contributed by atoms with van der Waals surface area (Å²) in [5.74, 6) is 1.59. The molecule has 0 aliphatic heterocycles. The first-order valence-electron chi connectivity index (χ1n) is 8.91. The molecule has 7 heteroatoms. The van der Waals surface area contributed by atoms with Gasteiger partial charge in [-0.15, -0.1) is 0 Å². The largest absolute Gasteiger partial charge is 0.497 e. The van der Waals surface area contributed by atoms with Gasteiger partial charge in [0.1, 0.15) is 17.2 Å². The Morgan fingerprint density at radius 3 is 1.79 bits per heavy atom. The standard InChI is InChI=1S/C22H23NO5S/c1-26-19-9-11-22(12-10-19)29(24,25)23(16-17-7-5-4-6-8-17)18-13-20(27-2)15-21(14-18)28-3/h4-15H,16H2,1-3H3. The fraction of sp³-hybridized carbons (Fsp3) is 0.182. The van der Waals surface area contributed by atoms with Gasteiger partial charge in [0.25, 0.3) is 10.0 Å². The van der Waals surface area contributed by atoms with E-state index in [1.165, 1.54) is 37.8 Å². The van der Waals surface area contributed by atoms with Crippen LogP contribution in [0.1, 0.15) is 5.56 Å². The molecule has 0 unspecified atom stereocenters. The van der Waals surface area contributed by atoms with Gasteiger partial charge in [-0.3, -0.25) is 4.31 Å². The molecular weight excluding hydrogens is 390 g/mol. The molecule has 0 N–H and O–H groups in total. The summed E-state index contributed by atoms with van der Waals surface area (Å²) in [7, 11) is 0.727. The topological polar surface area (TPSA) is 65.1 Å². The number of nitrogens with zero attached hydrogens (tertiary/aromatic N) is 1. The first kappa shape index (κ1) is 20.5. The molecule has 0 spiro atoms. The van der Waals surface area contributed by atoms with Crippen LogP contribution in [0.4, 0.5) is 5.69 Å². The molecule has 0 aliphatic carbocycles. The SMILES string of the molecule is COc1ccc(S(=O)(=O)N(Cc2ccccc2)c2cc(OC)cc(OC)c2)cc1. The van der Waals surface area contributed by atoms with Crippen LogP contribution in [-0.4, -0.2) is 29.7 Å². The van der Waals surface area contributed by atoms with Crippen molar-refractivity contribution >= 4 is 15.7 Å². The van der Waals surface area contributed by atoms with Crippen LogP contribution in [-0.2, 0) is 16.6 Å². The maximum atomic E-state index is 13.5. The Hall–Kier alpha value is -3.19. The Balaban J connectivity index is 2.12. The van der Waals surface area contributed by atoms with Crippen molar-refractivity contribution in [1.29, 1.82) is 0 Å². The second-order valence-electron chi connectivity index (χ2n) is 6.24. The lowest BCUT2D eigenvalue weighted by Gasteiger charge is -2.25. The van der Waals surface area contributed by atoms with Crippen LogP contribution in [0.2, 0.25) is 0 Å². The lowest BCUT2D eigenvalue weighted by molar-refractivity contribution is 0.394. The molecule has 3 aromatic rings. The lowest BCUT2D eigenvalue weighted by atomic mass is 10.2. The van der Waals surface area contributed by atoms with Gasteiger partial charge in [-0.2, -0.15) is 0 Å². The fourth-order valence-corrected chi connectivity index (χ4v) is 4.31. The monoisotopic (exact) mass is 413 g/mol. The summed E-state index contributed by atoms with van der Waals surface area (Å²) in [4.78, 5) is 0.163. The van der Waals surface area contributed by atoms with Gasteiger partial charge < -0.3 is 14.2 Å². The summed E-state index contributed by atoms with van der Waals surface area (Å²) in [5.41, 5.74) is 1.30. The van der Waals surface area contributed by atoms with E-state index >= 15 is 0 Å². The van der Waals surface area contributed by atoms with Crippen molar-refractivity contribution in [3.63, 3.8) is 0 Å². The average Bonchev–Trinajstić information content (AvgIpc) is 2.77. The lowest BCUT2D eigenvalue weighted by Crippen LogP contribution is -2.30. The second-order valence-corrected chi connectivity index (χ2v) is 8.11. The molecule has 152 valence electrons. The Morgan fingerprint density at radius 2 is 1.28 bits per heavy atom. The van der Waals surface area contributed by atoms with Crippen molar-refractivity contribution in [3.05, 3.63) is 78.4 Å². The summed E-state index contributed by atoms with van der Waals surface area (Å²) in [6.07, 6.45) is 0. The minimum Gasteiger partial charge on any atom is -0.497 e. The molecular formula is C22H23NO5S. The van der Waals surface area contributed by atoms with Crippen LogP contribution in [0.15, 0.2) is 77.7 Å². The van der Waals surface area contributed by atoms with Gasteiger partial charge in [-0.25, -0.2) is 8.42 Å². The summed E-state index contributed by atoms with van der Waals surface area (Å²) < 4.78 is 44.2. The highest BCUT2D eigenvalue weighted by Gasteiger charge is 2.26. The Labute approximate surface area is 171 Å². The fourth-order valence-electron chi connectivity index (χ4n) is 2.88. The highest BCUT2D eigenvalue weighted by atomic mass is 32.2. The van der Waals surface area contributed by atoms with Crippen molar-refractivity contribution in [1.82, 2.24) is 0 Å². The highest BCUT2D eigenvalue weighted by molar-refractivity contribution is 7.92. The second kappa shape index (κ2) is 8.87. The van der Waals surface area contributed by atoms with E-state index in [0.717, 1.165) is 5.56 Å². The highest BCUT2D eigenvalue weighted by Crippen LogP contribution is 2.33. The number of rotatable bonds is 8. The molecule has 0 saturated heterocycles. The minimum absolute atomic E-state index is 0.158. The molecule has 0 fully saturated rings. The third-order valence-electron chi connectivity index (χ3n) is 4.44. The maximum Gasteiger partial charge on any atom is 0.264 e. The van der Waals surface area contributed by atoms with Crippen LogP contribution in [0.3, 0.4) is 0 Å². The smallest absolute Gasteiger partial charge is 0.264 e. The van der Waals surface area contributed by atoms with Crippen LogP contribution < -0.4 is 18.5 Å². The Bertz CT molecular complexity index is 1030. The van der Waals surface area contributed by atoms with Gasteiger partial charge in [0, 0.05) is 18.2 Å². The number of benzene rings is 3.